The minimum absolute atomic E-state index is 0. The molecule has 3 heterocycles. The third-order valence-corrected chi connectivity index (χ3v) is 15.0. The number of hydrogen-bond acceptors (Lipinski definition) is 4. The van der Waals surface area contributed by atoms with Crippen LogP contribution >= 0.6 is 0 Å². The molecule has 5 nitrogen and oxygen atoms in total. The van der Waals surface area contributed by atoms with Gasteiger partial charge in [0, 0.05) is 66.5 Å². The van der Waals surface area contributed by atoms with Crippen molar-refractivity contribution < 1.29 is 25.8 Å². The molecule has 0 radical (unpaired) electrons. The zero-order valence-electron chi connectivity index (χ0n) is 45.3. The van der Waals surface area contributed by atoms with Crippen LogP contribution in [0, 0.1) is 18.8 Å². The van der Waals surface area contributed by atoms with Crippen molar-refractivity contribution in [3.05, 3.63) is 234 Å². The summed E-state index contributed by atoms with van der Waals surface area (Å²) in [6, 6.07) is 66.6. The van der Waals surface area contributed by atoms with Gasteiger partial charge < -0.3 is 19.1 Å². The van der Waals surface area contributed by atoms with E-state index < -0.39 is 0 Å². The topological polar surface area (TPSA) is 33.5 Å². The van der Waals surface area contributed by atoms with Gasteiger partial charge in [-0.15, -0.1) is 53.6 Å². The van der Waals surface area contributed by atoms with Crippen molar-refractivity contribution >= 4 is 33.2 Å². The molecule has 0 amide bonds. The first kappa shape index (κ1) is 52.2. The van der Waals surface area contributed by atoms with Crippen LogP contribution in [0.2, 0.25) is 0 Å². The molecule has 0 atom stereocenters. The summed E-state index contributed by atoms with van der Waals surface area (Å²) in [5.41, 5.74) is 13.9. The van der Waals surface area contributed by atoms with Gasteiger partial charge in [0.05, 0.1) is 0 Å². The zero-order chi connectivity index (χ0) is 51.7. The molecule has 380 valence electrons. The second-order valence-electron chi connectivity index (χ2n) is 24.0. The fraction of sp³-hybridized carbons (Fsp3) is 0.265. The molecule has 10 rings (SSSR count). The number of nitrogens with zero attached hydrogens (tertiary/aromatic N) is 4. The number of aromatic nitrogens is 2. The molecule has 0 N–H and O–H groups in total. The number of pyridine rings is 1. The van der Waals surface area contributed by atoms with Gasteiger partial charge in [-0.05, 0) is 97.1 Å². The molecule has 0 saturated heterocycles. The molecule has 0 bridgehead atoms. The van der Waals surface area contributed by atoms with Gasteiger partial charge in [-0.2, -0.15) is 6.07 Å². The van der Waals surface area contributed by atoms with Gasteiger partial charge in [0.1, 0.15) is 5.82 Å². The fourth-order valence-electron chi connectivity index (χ4n) is 10.1. The van der Waals surface area contributed by atoms with Crippen LogP contribution in [0.4, 0.5) is 11.4 Å². The Morgan fingerprint density at radius 3 is 1.72 bits per heavy atom. The average Bonchev–Trinajstić information content (AvgIpc) is 3.97. The van der Waals surface area contributed by atoms with Gasteiger partial charge in [0.25, 0.3) is 0 Å². The second kappa shape index (κ2) is 19.5. The van der Waals surface area contributed by atoms with Gasteiger partial charge in [0.2, 0.25) is 0 Å². The summed E-state index contributed by atoms with van der Waals surface area (Å²) < 4.78 is 9.25. The molecule has 1 aliphatic rings. The van der Waals surface area contributed by atoms with Gasteiger partial charge in [0.15, 0.2) is 0 Å². The Bertz CT molecular complexity index is 3510. The van der Waals surface area contributed by atoms with E-state index in [1.807, 2.05) is 12.3 Å². The van der Waals surface area contributed by atoms with Gasteiger partial charge in [-0.3, -0.25) is 0 Å². The Labute approximate surface area is 455 Å². The fourth-order valence-corrected chi connectivity index (χ4v) is 10.1. The van der Waals surface area contributed by atoms with Gasteiger partial charge >= 0.3 is 0 Å². The van der Waals surface area contributed by atoms with Crippen molar-refractivity contribution in [1.82, 2.24) is 9.55 Å². The minimum Gasteiger partial charge on any atom is -0.509 e. The number of anilines is 2. The average molecular weight is 1150 g/mol. The quantitative estimate of drug-likeness (QED) is 0.128. The summed E-state index contributed by atoms with van der Waals surface area (Å²) in [4.78, 5) is 9.65. The van der Waals surface area contributed by atoms with Crippen LogP contribution in [0.5, 0.6) is 11.5 Å². The molecule has 0 unspecified atom stereocenters. The van der Waals surface area contributed by atoms with Gasteiger partial charge in [-0.1, -0.05) is 205 Å². The van der Waals surface area contributed by atoms with Crippen molar-refractivity contribution in [2.24, 2.45) is 0 Å². The monoisotopic (exact) mass is 1150 g/mol. The van der Waals surface area contributed by atoms with E-state index >= 15 is 0 Å². The van der Waals surface area contributed by atoms with E-state index in [9.17, 15) is 0 Å². The smallest absolute Gasteiger partial charge is 0.135 e. The van der Waals surface area contributed by atoms with Crippen molar-refractivity contribution in [3.8, 4) is 28.4 Å². The van der Waals surface area contributed by atoms with E-state index in [4.69, 9.17) is 9.72 Å². The van der Waals surface area contributed by atoms with Crippen LogP contribution in [0.25, 0.3) is 38.8 Å². The van der Waals surface area contributed by atoms with Crippen LogP contribution in [0.1, 0.15) is 123 Å². The molecule has 2 aromatic heterocycles. The maximum atomic E-state index is 7.00. The summed E-state index contributed by atoms with van der Waals surface area (Å²) in [6.07, 6.45) is 4.22. The van der Waals surface area contributed by atoms with Crippen LogP contribution in [0.15, 0.2) is 182 Å². The maximum absolute atomic E-state index is 7.00. The Morgan fingerprint density at radius 1 is 0.473 bits per heavy atom. The summed E-state index contributed by atoms with van der Waals surface area (Å²) in [5.74, 6) is 2.05. The first-order valence-corrected chi connectivity index (χ1v) is 25.8. The van der Waals surface area contributed by atoms with E-state index in [1.165, 1.54) is 38.9 Å². The number of hydrogen-bond donors (Lipinski definition) is 0. The first-order valence-electron chi connectivity index (χ1n) is 25.8. The zero-order valence-corrected chi connectivity index (χ0v) is 47.6. The predicted octanol–water partition coefficient (Wildman–Crippen LogP) is 17.7. The third-order valence-electron chi connectivity index (χ3n) is 15.0. The summed E-state index contributed by atoms with van der Waals surface area (Å²) in [5, 5.41) is 2.25. The molecular formula is C68H69N4OPt-3. The van der Waals surface area contributed by atoms with Crippen molar-refractivity contribution in [2.75, 3.05) is 9.80 Å². The molecule has 9 aromatic rings. The van der Waals surface area contributed by atoms with Crippen molar-refractivity contribution in [1.29, 1.82) is 0 Å². The van der Waals surface area contributed by atoms with Crippen molar-refractivity contribution in [3.63, 3.8) is 0 Å². The molecular weight excluding hydrogens is 1080 g/mol. The predicted molar refractivity (Wildman–Crippen MR) is 306 cm³/mol. The Balaban J connectivity index is 0.00000672. The van der Waals surface area contributed by atoms with Crippen molar-refractivity contribution in [2.45, 2.75) is 117 Å². The maximum Gasteiger partial charge on any atom is 0.135 e. The Morgan fingerprint density at radius 2 is 1.08 bits per heavy atom. The summed E-state index contributed by atoms with van der Waals surface area (Å²) >= 11 is 0. The SMILES string of the molecule is CC(C)(C)c1cc(Oc2[c-]c3c(cc2)c2cc(C(C)(C)C)ccc2n3-c2cc(C(C)(C)c3ccccc3)ccn2)[c-]c(N2C=C(C(C)(C)c3ccccc3)N(c3cc(-c4ccccc4)cc(C(C)(C)C)c3)[CH-]2)c1.[Pt]. The van der Waals surface area contributed by atoms with Crippen LogP contribution in [0.3, 0.4) is 0 Å². The first-order chi connectivity index (χ1) is 34.6. The number of allylic oxidation sites excluding steroid dienone is 1. The summed E-state index contributed by atoms with van der Waals surface area (Å²) in [6.45, 7) is 31.8. The molecule has 0 saturated carbocycles. The number of fused-ring (bicyclic) bond motifs is 3. The standard InChI is InChI=1S/C68H69N4O.Pt/c1-64(2,3)50-29-32-60-59(40-50)58-31-30-56(43-61(58)72(60)63-41-51(33-34-69-63)67(10,11)48-25-19-15-20-26-48)73-57-39-53(66(7,8)9)37-54(42-57)70-44-62(68(12,13)49-27-21-16-22-28-49)71(45-70)55-36-47(46-23-17-14-18-24-46)35-52(38-55)65(4,5)6;/h14-41,44-45H,1-13H3;/q-3;. The molecule has 0 fully saturated rings. The molecule has 1 aliphatic heterocycles. The Kier molecular flexibility index (Phi) is 13.8. The summed E-state index contributed by atoms with van der Waals surface area (Å²) in [7, 11) is 0. The van der Waals surface area contributed by atoms with E-state index in [-0.39, 0.29) is 48.1 Å². The van der Waals surface area contributed by atoms with Gasteiger partial charge in [-0.25, -0.2) is 4.98 Å². The largest absolute Gasteiger partial charge is 0.509 e. The second-order valence-corrected chi connectivity index (χ2v) is 24.0. The molecule has 6 heteroatoms. The van der Waals surface area contributed by atoms with Crippen LogP contribution in [-0.2, 0) is 48.1 Å². The van der Waals surface area contributed by atoms with E-state index in [1.54, 1.807) is 0 Å². The van der Waals surface area contributed by atoms with E-state index in [0.29, 0.717) is 11.5 Å². The molecule has 74 heavy (non-hydrogen) atoms. The third kappa shape index (κ3) is 10.1. The van der Waals surface area contributed by atoms with E-state index in [0.717, 1.165) is 50.3 Å². The number of benzene rings is 7. The van der Waals surface area contributed by atoms with Crippen LogP contribution < -0.4 is 14.5 Å². The van der Waals surface area contributed by atoms with E-state index in [2.05, 4.69) is 287 Å². The molecule has 0 aliphatic carbocycles. The number of ether oxygens (including phenoxy) is 1. The molecule has 7 aromatic carbocycles. The minimum atomic E-state index is -0.375. The normalized spacial score (nSPS) is 13.6. The number of rotatable bonds is 10. The Hall–Kier alpha value is -6.68. The molecule has 0 spiro atoms. The van der Waals surface area contributed by atoms with Crippen LogP contribution in [-0.4, -0.2) is 9.55 Å².